The van der Waals surface area contributed by atoms with E-state index in [4.69, 9.17) is 0 Å². The van der Waals surface area contributed by atoms with Crippen LogP contribution in [-0.2, 0) is 4.79 Å². The number of rotatable bonds is 4. The number of hydrogen-bond acceptors (Lipinski definition) is 4. The van der Waals surface area contributed by atoms with Crippen molar-refractivity contribution in [2.45, 2.75) is 4.90 Å². The fraction of sp³-hybridized carbons (Fsp3) is 0.0769. The average molecular weight is 295 g/mol. The quantitative estimate of drug-likeness (QED) is 0.882. The molecular weight excluding hydrogens is 285 g/mol. The topological polar surface area (TPSA) is 46.2 Å². The summed E-state index contributed by atoms with van der Waals surface area (Å²) in [5.74, 6) is -1.23. The summed E-state index contributed by atoms with van der Waals surface area (Å²) in [6.07, 6.45) is 0. The van der Waals surface area contributed by atoms with Crippen LogP contribution >= 0.6 is 23.1 Å². The van der Waals surface area contributed by atoms with E-state index in [-0.39, 0.29) is 11.6 Å². The molecule has 0 spiro atoms. The molecule has 1 aromatic carbocycles. The molecule has 0 aliphatic rings. The van der Waals surface area contributed by atoms with Gasteiger partial charge in [0.1, 0.15) is 5.82 Å². The molecule has 0 radical (unpaired) electrons. The predicted octanol–water partition coefficient (Wildman–Crippen LogP) is 2.94. The van der Waals surface area contributed by atoms with E-state index in [1.54, 1.807) is 35.7 Å². The highest BCUT2D eigenvalue weighted by Gasteiger charge is 2.12. The van der Waals surface area contributed by atoms with E-state index in [0.29, 0.717) is 9.77 Å². The van der Waals surface area contributed by atoms with Gasteiger partial charge in [0, 0.05) is 4.90 Å². The molecule has 0 bridgehead atoms. The van der Waals surface area contributed by atoms with Gasteiger partial charge in [-0.15, -0.1) is 23.1 Å². The molecule has 2 rings (SSSR count). The molecule has 0 saturated carbocycles. The third-order valence-corrected chi connectivity index (χ3v) is 4.11. The molecule has 1 heterocycles. The molecule has 0 saturated heterocycles. The summed E-state index contributed by atoms with van der Waals surface area (Å²) in [5, 5.41) is 4.02. The Kier molecular flexibility index (Phi) is 4.70. The maximum absolute atomic E-state index is 13.3. The Hall–Kier alpha value is -1.66. The van der Waals surface area contributed by atoms with Gasteiger partial charge in [-0.25, -0.2) is 4.39 Å². The molecule has 1 N–H and O–H groups in total. The minimum atomic E-state index is -0.438. The lowest BCUT2D eigenvalue weighted by molar-refractivity contribution is -0.117. The molecule has 2 aromatic rings. The van der Waals surface area contributed by atoms with E-state index < -0.39 is 11.8 Å². The monoisotopic (exact) mass is 295 g/mol. The second kappa shape index (κ2) is 6.49. The Morgan fingerprint density at radius 1 is 1.21 bits per heavy atom. The number of nitrogens with one attached hydrogen (secondary N) is 1. The van der Waals surface area contributed by atoms with Gasteiger partial charge in [0.2, 0.25) is 5.91 Å². The molecule has 0 unspecified atom stereocenters. The molecule has 6 heteroatoms. The number of imide groups is 1. The van der Waals surface area contributed by atoms with Crippen LogP contribution in [0.5, 0.6) is 0 Å². The van der Waals surface area contributed by atoms with Gasteiger partial charge in [0.25, 0.3) is 5.91 Å². The van der Waals surface area contributed by atoms with Gasteiger partial charge in [0.15, 0.2) is 0 Å². The lowest BCUT2D eigenvalue weighted by atomic mass is 10.3. The highest BCUT2D eigenvalue weighted by molar-refractivity contribution is 8.00. The van der Waals surface area contributed by atoms with E-state index >= 15 is 0 Å². The first kappa shape index (κ1) is 13.8. The van der Waals surface area contributed by atoms with Gasteiger partial charge in [-0.3, -0.25) is 14.9 Å². The summed E-state index contributed by atoms with van der Waals surface area (Å²) in [6.45, 7) is 0. The van der Waals surface area contributed by atoms with E-state index in [2.05, 4.69) is 5.32 Å². The highest BCUT2D eigenvalue weighted by Crippen LogP contribution is 2.20. The summed E-state index contributed by atoms with van der Waals surface area (Å²) < 4.78 is 13.3. The Morgan fingerprint density at radius 3 is 2.68 bits per heavy atom. The second-order valence-corrected chi connectivity index (χ2v) is 5.54. The number of benzene rings is 1. The minimum Gasteiger partial charge on any atom is -0.291 e. The van der Waals surface area contributed by atoms with Crippen molar-refractivity contribution in [2.24, 2.45) is 0 Å². The van der Waals surface area contributed by atoms with Crippen molar-refractivity contribution in [3.63, 3.8) is 0 Å². The van der Waals surface area contributed by atoms with Crippen molar-refractivity contribution >= 4 is 34.9 Å². The lowest BCUT2D eigenvalue weighted by Gasteiger charge is -2.03. The molecular formula is C13H10FNO2S2. The van der Waals surface area contributed by atoms with Crippen molar-refractivity contribution < 1.29 is 14.0 Å². The Morgan fingerprint density at radius 2 is 2.00 bits per heavy atom. The zero-order chi connectivity index (χ0) is 13.7. The van der Waals surface area contributed by atoms with Crippen LogP contribution in [0, 0.1) is 5.82 Å². The van der Waals surface area contributed by atoms with Gasteiger partial charge >= 0.3 is 0 Å². The van der Waals surface area contributed by atoms with Crippen LogP contribution in [0.4, 0.5) is 4.39 Å². The molecule has 19 heavy (non-hydrogen) atoms. The molecule has 0 aliphatic heterocycles. The minimum absolute atomic E-state index is 0.00194. The summed E-state index contributed by atoms with van der Waals surface area (Å²) in [7, 11) is 0. The highest BCUT2D eigenvalue weighted by atomic mass is 32.2. The third kappa shape index (κ3) is 3.90. The Balaban J connectivity index is 1.85. The van der Waals surface area contributed by atoms with Crippen molar-refractivity contribution in [3.05, 3.63) is 52.5 Å². The molecule has 0 atom stereocenters. The van der Waals surface area contributed by atoms with Crippen LogP contribution in [0.25, 0.3) is 0 Å². The van der Waals surface area contributed by atoms with Gasteiger partial charge in [-0.05, 0) is 23.6 Å². The summed E-state index contributed by atoms with van der Waals surface area (Å²) in [4.78, 5) is 24.0. The van der Waals surface area contributed by atoms with Gasteiger partial charge < -0.3 is 0 Å². The van der Waals surface area contributed by atoms with E-state index in [1.807, 2.05) is 0 Å². The van der Waals surface area contributed by atoms with Crippen LogP contribution in [-0.4, -0.2) is 17.6 Å². The zero-order valence-electron chi connectivity index (χ0n) is 9.76. The molecule has 0 aliphatic carbocycles. The predicted molar refractivity (Wildman–Crippen MR) is 73.9 cm³/mol. The SMILES string of the molecule is O=C(CSc1ccccc1F)NC(=O)c1cccs1. The first-order chi connectivity index (χ1) is 9.16. The molecule has 3 nitrogen and oxygen atoms in total. The molecule has 1 aromatic heterocycles. The fourth-order valence-corrected chi connectivity index (χ4v) is 2.70. The number of amides is 2. The van der Waals surface area contributed by atoms with Crippen molar-refractivity contribution in [1.82, 2.24) is 5.32 Å². The number of carbonyl (C=O) groups excluding carboxylic acids is 2. The van der Waals surface area contributed by atoms with E-state index in [1.165, 1.54) is 17.4 Å². The number of carbonyl (C=O) groups is 2. The van der Waals surface area contributed by atoms with Gasteiger partial charge in [-0.1, -0.05) is 18.2 Å². The second-order valence-electron chi connectivity index (χ2n) is 3.57. The van der Waals surface area contributed by atoms with Gasteiger partial charge in [-0.2, -0.15) is 0 Å². The maximum atomic E-state index is 13.3. The molecule has 98 valence electrons. The van der Waals surface area contributed by atoms with E-state index in [9.17, 15) is 14.0 Å². The fourth-order valence-electron chi connectivity index (χ4n) is 1.34. The van der Waals surface area contributed by atoms with Crippen molar-refractivity contribution in [1.29, 1.82) is 0 Å². The molecule has 2 amide bonds. The molecule has 0 fully saturated rings. The number of thiophene rings is 1. The van der Waals surface area contributed by atoms with Crippen molar-refractivity contribution in [3.8, 4) is 0 Å². The zero-order valence-corrected chi connectivity index (χ0v) is 11.4. The van der Waals surface area contributed by atoms with Crippen LogP contribution in [0.3, 0.4) is 0 Å². The first-order valence-electron chi connectivity index (χ1n) is 5.42. The summed E-state index contributed by atoms with van der Waals surface area (Å²) >= 11 is 2.32. The Labute approximate surface area is 117 Å². The van der Waals surface area contributed by atoms with Crippen LogP contribution in [0.1, 0.15) is 9.67 Å². The number of thioether (sulfide) groups is 1. The summed E-state index contributed by atoms with van der Waals surface area (Å²) in [5.41, 5.74) is 0. The number of hydrogen-bond donors (Lipinski definition) is 1. The largest absolute Gasteiger partial charge is 0.291 e. The third-order valence-electron chi connectivity index (χ3n) is 2.19. The number of halogens is 1. The van der Waals surface area contributed by atoms with Crippen LogP contribution < -0.4 is 5.32 Å². The van der Waals surface area contributed by atoms with Crippen LogP contribution in [0.15, 0.2) is 46.7 Å². The summed E-state index contributed by atoms with van der Waals surface area (Å²) in [6, 6.07) is 9.57. The average Bonchev–Trinajstić information content (AvgIpc) is 2.91. The van der Waals surface area contributed by atoms with Gasteiger partial charge in [0.05, 0.1) is 10.6 Å². The smallest absolute Gasteiger partial charge is 0.267 e. The van der Waals surface area contributed by atoms with Crippen LogP contribution in [0.2, 0.25) is 0 Å². The maximum Gasteiger partial charge on any atom is 0.267 e. The van der Waals surface area contributed by atoms with E-state index in [0.717, 1.165) is 11.8 Å². The first-order valence-corrected chi connectivity index (χ1v) is 7.28. The Bertz CT molecular complexity index is 584. The lowest BCUT2D eigenvalue weighted by Crippen LogP contribution is -2.31. The normalized spacial score (nSPS) is 10.2. The standard InChI is InChI=1S/C13H10FNO2S2/c14-9-4-1-2-5-10(9)19-8-12(16)15-13(17)11-6-3-7-18-11/h1-7H,8H2,(H,15,16,17). The van der Waals surface area contributed by atoms with Crippen molar-refractivity contribution in [2.75, 3.05) is 5.75 Å².